The molecule has 3 fully saturated rings. The summed E-state index contributed by atoms with van der Waals surface area (Å²) in [4.78, 5) is 28.8. The monoisotopic (exact) mass is 575 g/mol. The first-order chi connectivity index (χ1) is 19.6. The second kappa shape index (κ2) is 12.0. The molecule has 2 N–H and O–H groups in total. The van der Waals surface area contributed by atoms with Gasteiger partial charge in [0.05, 0.1) is 12.0 Å². The van der Waals surface area contributed by atoms with E-state index in [4.69, 9.17) is 10.5 Å². The molecule has 0 radical (unpaired) electrons. The lowest BCUT2D eigenvalue weighted by Gasteiger charge is -2.47. The van der Waals surface area contributed by atoms with Gasteiger partial charge in [-0.3, -0.25) is 9.59 Å². The maximum absolute atomic E-state index is 15.2. The topological polar surface area (TPSA) is 75.9 Å². The van der Waals surface area contributed by atoms with E-state index in [1.165, 1.54) is 17.0 Å². The number of carbonyl (C=O) groups excluding carboxylic acids is 2. The Labute approximate surface area is 237 Å². The van der Waals surface area contributed by atoms with Gasteiger partial charge in [0, 0.05) is 18.7 Å². The molecule has 2 aromatic rings. The van der Waals surface area contributed by atoms with E-state index >= 15 is 4.39 Å². The van der Waals surface area contributed by atoms with Crippen LogP contribution in [-0.2, 0) is 4.79 Å². The SMILES string of the molecule is NC(=O)[C@H]1CCCCN1C(=O)c1ccccc1-c1ccc(OCC2CCN(CC3(C(F)(F)F)CCC3)CC2)c(F)c1. The van der Waals surface area contributed by atoms with Crippen LogP contribution in [-0.4, -0.2) is 66.6 Å². The molecule has 222 valence electrons. The summed E-state index contributed by atoms with van der Waals surface area (Å²) in [6.45, 7) is 1.93. The predicted molar refractivity (Wildman–Crippen MR) is 147 cm³/mol. The average Bonchev–Trinajstić information content (AvgIpc) is 2.94. The van der Waals surface area contributed by atoms with Crippen LogP contribution in [0.25, 0.3) is 11.1 Å². The van der Waals surface area contributed by atoms with Gasteiger partial charge in [0.2, 0.25) is 5.91 Å². The first-order valence-corrected chi connectivity index (χ1v) is 14.5. The third kappa shape index (κ3) is 6.22. The Bertz CT molecular complexity index is 1260. The maximum Gasteiger partial charge on any atom is 0.395 e. The average molecular weight is 576 g/mol. The highest BCUT2D eigenvalue weighted by Gasteiger charge is 2.58. The molecule has 2 aromatic carbocycles. The molecule has 2 aliphatic heterocycles. The molecule has 0 bridgehead atoms. The molecule has 1 saturated carbocycles. The molecule has 1 aliphatic carbocycles. The highest BCUT2D eigenvalue weighted by Crippen LogP contribution is 2.53. The fraction of sp³-hybridized carbons (Fsp3) is 0.548. The maximum atomic E-state index is 15.2. The highest BCUT2D eigenvalue weighted by atomic mass is 19.4. The van der Waals surface area contributed by atoms with Gasteiger partial charge in [0.1, 0.15) is 6.04 Å². The molecule has 10 heteroatoms. The Balaban J connectivity index is 1.20. The normalized spacial score (nSPS) is 21.8. The number of primary amides is 1. The third-order valence-corrected chi connectivity index (χ3v) is 9.11. The van der Waals surface area contributed by atoms with Crippen LogP contribution in [0, 0.1) is 17.2 Å². The number of likely N-dealkylation sites (tertiary alicyclic amines) is 2. The van der Waals surface area contributed by atoms with Crippen molar-refractivity contribution < 1.29 is 31.9 Å². The summed E-state index contributed by atoms with van der Waals surface area (Å²) in [6.07, 6.45) is 0.413. The molecule has 5 rings (SSSR count). The molecular weight excluding hydrogens is 538 g/mol. The lowest BCUT2D eigenvalue weighted by atomic mass is 9.67. The van der Waals surface area contributed by atoms with Crippen molar-refractivity contribution in [2.45, 2.75) is 63.6 Å². The van der Waals surface area contributed by atoms with Crippen LogP contribution in [0.15, 0.2) is 42.5 Å². The number of nitrogens with two attached hydrogens (primary N) is 1. The molecule has 6 nitrogen and oxygen atoms in total. The number of benzene rings is 2. The van der Waals surface area contributed by atoms with Crippen molar-refractivity contribution in [1.82, 2.24) is 9.80 Å². The number of hydrogen-bond acceptors (Lipinski definition) is 4. The summed E-state index contributed by atoms with van der Waals surface area (Å²) < 4.78 is 61.6. The second-order valence-electron chi connectivity index (χ2n) is 11.8. The summed E-state index contributed by atoms with van der Waals surface area (Å²) in [5.74, 6) is -1.18. The van der Waals surface area contributed by atoms with Crippen molar-refractivity contribution in [3.05, 3.63) is 53.8 Å². The molecule has 2 saturated heterocycles. The van der Waals surface area contributed by atoms with Gasteiger partial charge in [-0.2, -0.15) is 13.2 Å². The zero-order valence-electron chi connectivity index (χ0n) is 23.1. The van der Waals surface area contributed by atoms with Crippen LogP contribution in [0.3, 0.4) is 0 Å². The zero-order chi connectivity index (χ0) is 29.2. The van der Waals surface area contributed by atoms with E-state index in [9.17, 15) is 22.8 Å². The van der Waals surface area contributed by atoms with Gasteiger partial charge in [-0.15, -0.1) is 0 Å². The van der Waals surface area contributed by atoms with E-state index in [1.54, 1.807) is 30.3 Å². The van der Waals surface area contributed by atoms with Crippen LogP contribution in [0.2, 0.25) is 0 Å². The second-order valence-corrected chi connectivity index (χ2v) is 11.8. The van der Waals surface area contributed by atoms with Gasteiger partial charge in [-0.25, -0.2) is 4.39 Å². The Morgan fingerprint density at radius 2 is 1.71 bits per heavy atom. The number of carbonyl (C=O) groups is 2. The molecule has 0 aromatic heterocycles. The van der Waals surface area contributed by atoms with Crippen molar-refractivity contribution >= 4 is 11.8 Å². The molecule has 41 heavy (non-hydrogen) atoms. The number of rotatable bonds is 8. The largest absolute Gasteiger partial charge is 0.490 e. The first kappa shape index (κ1) is 29.4. The number of alkyl halides is 3. The Morgan fingerprint density at radius 1 is 0.976 bits per heavy atom. The number of ether oxygens (including phenoxy) is 1. The minimum absolute atomic E-state index is 0.0606. The van der Waals surface area contributed by atoms with Crippen molar-refractivity contribution in [3.63, 3.8) is 0 Å². The number of amides is 2. The number of hydrogen-bond donors (Lipinski definition) is 1. The van der Waals surface area contributed by atoms with E-state index in [0.29, 0.717) is 62.0 Å². The van der Waals surface area contributed by atoms with Crippen LogP contribution in [0.4, 0.5) is 17.6 Å². The van der Waals surface area contributed by atoms with Crippen molar-refractivity contribution in [2.75, 3.05) is 32.8 Å². The number of halogens is 4. The van der Waals surface area contributed by atoms with Gasteiger partial charge in [0.25, 0.3) is 5.91 Å². The lowest BCUT2D eigenvalue weighted by molar-refractivity contribution is -0.256. The van der Waals surface area contributed by atoms with Crippen molar-refractivity contribution in [1.29, 1.82) is 0 Å². The van der Waals surface area contributed by atoms with Gasteiger partial charge in [-0.05, 0) is 93.3 Å². The van der Waals surface area contributed by atoms with Gasteiger partial charge < -0.3 is 20.3 Å². The fourth-order valence-corrected chi connectivity index (χ4v) is 6.41. The third-order valence-electron chi connectivity index (χ3n) is 9.11. The summed E-state index contributed by atoms with van der Waals surface area (Å²) in [5, 5.41) is 0. The minimum atomic E-state index is -4.16. The summed E-state index contributed by atoms with van der Waals surface area (Å²) in [6, 6.07) is 10.8. The summed E-state index contributed by atoms with van der Waals surface area (Å²) >= 11 is 0. The van der Waals surface area contributed by atoms with E-state index in [1.807, 2.05) is 4.90 Å². The summed E-state index contributed by atoms with van der Waals surface area (Å²) in [7, 11) is 0. The number of nitrogens with zero attached hydrogens (tertiary/aromatic N) is 2. The Kier molecular flexibility index (Phi) is 8.59. The zero-order valence-corrected chi connectivity index (χ0v) is 23.1. The van der Waals surface area contributed by atoms with Crippen LogP contribution in [0.5, 0.6) is 5.75 Å². The van der Waals surface area contributed by atoms with E-state index in [0.717, 1.165) is 12.8 Å². The van der Waals surface area contributed by atoms with E-state index < -0.39 is 29.4 Å². The van der Waals surface area contributed by atoms with Crippen LogP contribution in [0.1, 0.15) is 61.7 Å². The van der Waals surface area contributed by atoms with Crippen LogP contribution >= 0.6 is 0 Å². The Morgan fingerprint density at radius 3 is 2.34 bits per heavy atom. The molecule has 3 aliphatic rings. The standard InChI is InChI=1S/C31H37F4N3O3/c32-25-18-22(23-6-1-2-7-24(23)29(40)38-15-4-3-8-26(38)28(36)39)9-10-27(25)41-19-21-11-16-37(17-12-21)20-30(13-5-14-30)31(33,34)35/h1-2,6-7,9-10,18,21,26H,3-5,8,11-17,19-20H2,(H2,36,39)/t26-/m1/s1. The number of piperidine rings is 2. The van der Waals surface area contributed by atoms with Crippen LogP contribution < -0.4 is 10.5 Å². The molecule has 1 atom stereocenters. The molecule has 0 spiro atoms. The van der Waals surface area contributed by atoms with Crippen molar-refractivity contribution in [3.8, 4) is 16.9 Å². The van der Waals surface area contributed by atoms with E-state index in [-0.39, 0.29) is 43.6 Å². The van der Waals surface area contributed by atoms with Crippen molar-refractivity contribution in [2.24, 2.45) is 17.1 Å². The molecular formula is C31H37F4N3O3. The fourth-order valence-electron chi connectivity index (χ4n) is 6.41. The van der Waals surface area contributed by atoms with E-state index in [2.05, 4.69) is 0 Å². The van der Waals surface area contributed by atoms with Gasteiger partial charge >= 0.3 is 6.18 Å². The highest BCUT2D eigenvalue weighted by molar-refractivity contribution is 6.02. The van der Waals surface area contributed by atoms with Gasteiger partial charge in [0.15, 0.2) is 11.6 Å². The first-order valence-electron chi connectivity index (χ1n) is 14.5. The molecule has 2 heterocycles. The Hall–Kier alpha value is -3.14. The predicted octanol–water partition coefficient (Wildman–Crippen LogP) is 5.80. The molecule has 0 unspecified atom stereocenters. The lowest BCUT2D eigenvalue weighted by Crippen LogP contribution is -2.53. The van der Waals surface area contributed by atoms with Gasteiger partial charge in [-0.1, -0.05) is 30.7 Å². The quantitative estimate of drug-likeness (QED) is 0.404. The smallest absolute Gasteiger partial charge is 0.395 e. The summed E-state index contributed by atoms with van der Waals surface area (Å²) in [5.41, 5.74) is 5.43. The molecule has 2 amide bonds. The minimum Gasteiger partial charge on any atom is -0.490 e.